The van der Waals surface area contributed by atoms with Gasteiger partial charge in [-0.3, -0.25) is 4.90 Å². The van der Waals surface area contributed by atoms with Crippen molar-refractivity contribution in [2.45, 2.75) is 39.4 Å². The van der Waals surface area contributed by atoms with Crippen molar-refractivity contribution in [3.63, 3.8) is 0 Å². The minimum absolute atomic E-state index is 0.189. The fourth-order valence-corrected chi connectivity index (χ4v) is 2.83. The fraction of sp³-hybridized carbons (Fsp3) is 0.562. The minimum atomic E-state index is -0.189. The van der Waals surface area contributed by atoms with Gasteiger partial charge in [-0.2, -0.15) is 0 Å². The molecule has 110 valence electrons. The molecule has 1 aromatic rings. The van der Waals surface area contributed by atoms with Crippen LogP contribution >= 0.6 is 0 Å². The Balaban J connectivity index is 1.98. The molecule has 0 spiro atoms. The molecule has 4 heteroatoms. The summed E-state index contributed by atoms with van der Waals surface area (Å²) in [6.45, 7) is 9.02. The molecule has 1 heterocycles. The SMILES string of the molecule is CCOC(=O)N1CC(C)N(Cc2ccccc2)C(C)C1. The van der Waals surface area contributed by atoms with Gasteiger partial charge in [-0.15, -0.1) is 0 Å². The molecule has 20 heavy (non-hydrogen) atoms. The van der Waals surface area contributed by atoms with E-state index in [0.29, 0.717) is 18.7 Å². The Kier molecular flexibility index (Phi) is 5.01. The van der Waals surface area contributed by atoms with Crippen molar-refractivity contribution >= 4 is 6.09 Å². The van der Waals surface area contributed by atoms with Crippen LogP contribution in [0.3, 0.4) is 0 Å². The van der Waals surface area contributed by atoms with Gasteiger partial charge in [0.05, 0.1) is 6.61 Å². The maximum absolute atomic E-state index is 11.8. The van der Waals surface area contributed by atoms with Gasteiger partial charge in [0.2, 0.25) is 0 Å². The molecule has 4 nitrogen and oxygen atoms in total. The third kappa shape index (κ3) is 3.51. The van der Waals surface area contributed by atoms with Gasteiger partial charge in [0.1, 0.15) is 0 Å². The van der Waals surface area contributed by atoms with E-state index in [1.165, 1.54) is 5.56 Å². The van der Waals surface area contributed by atoms with Crippen LogP contribution in [0.5, 0.6) is 0 Å². The van der Waals surface area contributed by atoms with Gasteiger partial charge in [-0.05, 0) is 26.3 Å². The zero-order valence-corrected chi connectivity index (χ0v) is 12.6. The zero-order chi connectivity index (χ0) is 14.5. The number of rotatable bonds is 3. The molecule has 1 saturated heterocycles. The molecule has 1 fully saturated rings. The molecule has 0 radical (unpaired) electrons. The number of nitrogens with zero attached hydrogens (tertiary/aromatic N) is 2. The predicted molar refractivity (Wildman–Crippen MR) is 79.5 cm³/mol. The highest BCUT2D eigenvalue weighted by molar-refractivity contribution is 5.67. The van der Waals surface area contributed by atoms with Crippen LogP contribution in [0.1, 0.15) is 26.3 Å². The lowest BCUT2D eigenvalue weighted by atomic mass is 10.1. The Morgan fingerprint density at radius 3 is 2.35 bits per heavy atom. The van der Waals surface area contributed by atoms with E-state index in [1.807, 2.05) is 17.9 Å². The highest BCUT2D eigenvalue weighted by atomic mass is 16.6. The summed E-state index contributed by atoms with van der Waals surface area (Å²) in [5.74, 6) is 0. The number of hydrogen-bond acceptors (Lipinski definition) is 3. The average Bonchev–Trinajstić information content (AvgIpc) is 2.44. The largest absolute Gasteiger partial charge is 0.450 e. The third-order valence-electron chi connectivity index (χ3n) is 3.84. The average molecular weight is 276 g/mol. The van der Waals surface area contributed by atoms with Gasteiger partial charge in [0.15, 0.2) is 0 Å². The summed E-state index contributed by atoms with van der Waals surface area (Å²) in [5, 5.41) is 0. The van der Waals surface area contributed by atoms with Crippen LogP contribution < -0.4 is 0 Å². The molecule has 2 unspecified atom stereocenters. The van der Waals surface area contributed by atoms with Crippen molar-refractivity contribution in [3.05, 3.63) is 35.9 Å². The lowest BCUT2D eigenvalue weighted by Gasteiger charge is -2.44. The fourth-order valence-electron chi connectivity index (χ4n) is 2.83. The molecule has 1 aliphatic rings. The third-order valence-corrected chi connectivity index (χ3v) is 3.84. The van der Waals surface area contributed by atoms with E-state index in [0.717, 1.165) is 19.6 Å². The van der Waals surface area contributed by atoms with Gasteiger partial charge >= 0.3 is 6.09 Å². The Morgan fingerprint density at radius 1 is 1.20 bits per heavy atom. The molecular weight excluding hydrogens is 252 g/mol. The molecule has 1 amide bonds. The van der Waals surface area contributed by atoms with Gasteiger partial charge in [-0.25, -0.2) is 4.79 Å². The van der Waals surface area contributed by atoms with Gasteiger partial charge < -0.3 is 9.64 Å². The van der Waals surface area contributed by atoms with Crippen molar-refractivity contribution in [1.82, 2.24) is 9.80 Å². The monoisotopic (exact) mass is 276 g/mol. The van der Waals surface area contributed by atoms with Crippen LogP contribution in [-0.2, 0) is 11.3 Å². The molecule has 1 aromatic carbocycles. The molecule has 2 atom stereocenters. The maximum Gasteiger partial charge on any atom is 0.409 e. The predicted octanol–water partition coefficient (Wildman–Crippen LogP) is 2.74. The maximum atomic E-state index is 11.8. The summed E-state index contributed by atoms with van der Waals surface area (Å²) in [5.41, 5.74) is 1.32. The number of hydrogen-bond donors (Lipinski definition) is 0. The zero-order valence-electron chi connectivity index (χ0n) is 12.6. The first-order valence-corrected chi connectivity index (χ1v) is 7.33. The summed E-state index contributed by atoms with van der Waals surface area (Å²) in [7, 11) is 0. The first kappa shape index (κ1) is 14.9. The van der Waals surface area contributed by atoms with Crippen LogP contribution in [0, 0.1) is 0 Å². The number of amides is 1. The second-order valence-corrected chi connectivity index (χ2v) is 5.46. The van der Waals surface area contributed by atoms with Crippen molar-refractivity contribution in [2.75, 3.05) is 19.7 Å². The van der Waals surface area contributed by atoms with Crippen molar-refractivity contribution in [3.8, 4) is 0 Å². The number of piperazine rings is 1. The molecule has 0 saturated carbocycles. The lowest BCUT2D eigenvalue weighted by molar-refractivity contribution is 0.0245. The smallest absolute Gasteiger partial charge is 0.409 e. The lowest BCUT2D eigenvalue weighted by Crippen LogP contribution is -2.57. The second kappa shape index (κ2) is 6.75. The van der Waals surface area contributed by atoms with Gasteiger partial charge in [0, 0.05) is 31.7 Å². The van der Waals surface area contributed by atoms with Crippen LogP contribution in [0.25, 0.3) is 0 Å². The van der Waals surface area contributed by atoms with Gasteiger partial charge in [0.25, 0.3) is 0 Å². The molecule has 1 aliphatic heterocycles. The molecular formula is C16H24N2O2. The van der Waals surface area contributed by atoms with Crippen LogP contribution in [0.2, 0.25) is 0 Å². The van der Waals surface area contributed by atoms with Crippen LogP contribution in [-0.4, -0.2) is 47.7 Å². The first-order chi connectivity index (χ1) is 9.61. The van der Waals surface area contributed by atoms with Crippen LogP contribution in [0.15, 0.2) is 30.3 Å². The van der Waals surface area contributed by atoms with Gasteiger partial charge in [-0.1, -0.05) is 30.3 Å². The highest BCUT2D eigenvalue weighted by Crippen LogP contribution is 2.19. The normalized spacial score (nSPS) is 23.6. The topological polar surface area (TPSA) is 32.8 Å². The van der Waals surface area contributed by atoms with E-state index in [2.05, 4.69) is 43.0 Å². The first-order valence-electron chi connectivity index (χ1n) is 7.33. The second-order valence-electron chi connectivity index (χ2n) is 5.46. The minimum Gasteiger partial charge on any atom is -0.450 e. The van der Waals surface area contributed by atoms with E-state index in [1.54, 1.807) is 0 Å². The summed E-state index contributed by atoms with van der Waals surface area (Å²) < 4.78 is 5.10. The van der Waals surface area contributed by atoms with E-state index >= 15 is 0 Å². The summed E-state index contributed by atoms with van der Waals surface area (Å²) in [6.07, 6.45) is -0.189. The Hall–Kier alpha value is -1.55. The van der Waals surface area contributed by atoms with Crippen molar-refractivity contribution < 1.29 is 9.53 Å². The van der Waals surface area contributed by atoms with Crippen LogP contribution in [0.4, 0.5) is 4.79 Å². The number of benzene rings is 1. The van der Waals surface area contributed by atoms with Crippen molar-refractivity contribution in [1.29, 1.82) is 0 Å². The van der Waals surface area contributed by atoms with E-state index in [9.17, 15) is 4.79 Å². The van der Waals surface area contributed by atoms with E-state index in [-0.39, 0.29) is 6.09 Å². The number of carbonyl (C=O) groups excluding carboxylic acids is 1. The van der Waals surface area contributed by atoms with E-state index < -0.39 is 0 Å². The molecule has 2 rings (SSSR count). The molecule has 0 aromatic heterocycles. The molecule has 0 bridgehead atoms. The van der Waals surface area contributed by atoms with Crippen molar-refractivity contribution in [2.24, 2.45) is 0 Å². The molecule has 0 N–H and O–H groups in total. The summed E-state index contributed by atoms with van der Waals surface area (Å²) in [6, 6.07) is 11.1. The highest BCUT2D eigenvalue weighted by Gasteiger charge is 2.32. The Bertz CT molecular complexity index is 423. The summed E-state index contributed by atoms with van der Waals surface area (Å²) in [4.78, 5) is 16.1. The Labute approximate surface area is 121 Å². The quantitative estimate of drug-likeness (QED) is 0.851. The molecule has 0 aliphatic carbocycles. The number of carbonyl (C=O) groups is 1. The Morgan fingerprint density at radius 2 is 1.80 bits per heavy atom. The number of ether oxygens (including phenoxy) is 1. The van der Waals surface area contributed by atoms with E-state index in [4.69, 9.17) is 4.74 Å². The summed E-state index contributed by atoms with van der Waals surface area (Å²) >= 11 is 0. The standard InChI is InChI=1S/C16H24N2O2/c1-4-20-16(19)17-10-13(2)18(14(3)11-17)12-15-8-6-5-7-9-15/h5-9,13-14H,4,10-12H2,1-3H3.